The molecule has 1 heterocycles. The SMILES string of the molecule is C=C/C=C\C=C(/C)C(C)c1ccccn1. The first kappa shape index (κ1) is 11.4. The third kappa shape index (κ3) is 3.55. The van der Waals surface area contributed by atoms with Crippen LogP contribution in [0.4, 0.5) is 0 Å². The lowest BCUT2D eigenvalue weighted by molar-refractivity contribution is 0.849. The second kappa shape index (κ2) is 5.97. The molecule has 1 unspecified atom stereocenters. The van der Waals surface area contributed by atoms with Crippen molar-refractivity contribution >= 4 is 0 Å². The van der Waals surface area contributed by atoms with Gasteiger partial charge < -0.3 is 0 Å². The Morgan fingerprint density at radius 2 is 2.20 bits per heavy atom. The minimum Gasteiger partial charge on any atom is -0.261 e. The molecule has 15 heavy (non-hydrogen) atoms. The van der Waals surface area contributed by atoms with Crippen molar-refractivity contribution in [3.63, 3.8) is 0 Å². The van der Waals surface area contributed by atoms with Crippen molar-refractivity contribution in [1.29, 1.82) is 0 Å². The van der Waals surface area contributed by atoms with Crippen molar-refractivity contribution in [2.45, 2.75) is 19.8 Å². The van der Waals surface area contributed by atoms with Crippen LogP contribution < -0.4 is 0 Å². The zero-order valence-corrected chi connectivity index (χ0v) is 9.35. The number of nitrogens with zero attached hydrogens (tertiary/aromatic N) is 1. The van der Waals surface area contributed by atoms with Crippen LogP contribution in [0, 0.1) is 0 Å². The van der Waals surface area contributed by atoms with Crippen LogP contribution in [0.3, 0.4) is 0 Å². The molecule has 1 aromatic rings. The van der Waals surface area contributed by atoms with Crippen molar-refractivity contribution in [3.05, 3.63) is 66.5 Å². The largest absolute Gasteiger partial charge is 0.261 e. The molecule has 0 fully saturated rings. The van der Waals surface area contributed by atoms with E-state index >= 15 is 0 Å². The van der Waals surface area contributed by atoms with E-state index in [0.29, 0.717) is 5.92 Å². The van der Waals surface area contributed by atoms with Crippen LogP contribution >= 0.6 is 0 Å². The van der Waals surface area contributed by atoms with E-state index in [1.807, 2.05) is 30.5 Å². The second-order valence-corrected chi connectivity index (χ2v) is 3.51. The predicted molar refractivity (Wildman–Crippen MR) is 65.7 cm³/mol. The van der Waals surface area contributed by atoms with Gasteiger partial charge in [-0.3, -0.25) is 4.98 Å². The Morgan fingerprint density at radius 1 is 1.40 bits per heavy atom. The Bertz CT molecular complexity index is 360. The highest BCUT2D eigenvalue weighted by molar-refractivity contribution is 5.24. The van der Waals surface area contributed by atoms with Crippen molar-refractivity contribution < 1.29 is 0 Å². The normalized spacial score (nSPS) is 14.1. The molecule has 1 atom stereocenters. The molecule has 0 bridgehead atoms. The standard InChI is InChI=1S/C14H17N/c1-4-5-6-9-12(2)13(3)14-10-7-8-11-15-14/h4-11,13H,1H2,2-3H3/b6-5-,12-9+. The highest BCUT2D eigenvalue weighted by atomic mass is 14.7. The molecule has 0 saturated carbocycles. The van der Waals surface area contributed by atoms with Gasteiger partial charge in [-0.15, -0.1) is 0 Å². The molecule has 0 aliphatic heterocycles. The van der Waals surface area contributed by atoms with Gasteiger partial charge in [0.2, 0.25) is 0 Å². The summed E-state index contributed by atoms with van der Waals surface area (Å²) >= 11 is 0. The van der Waals surface area contributed by atoms with E-state index in [9.17, 15) is 0 Å². The van der Waals surface area contributed by atoms with E-state index in [4.69, 9.17) is 0 Å². The van der Waals surface area contributed by atoms with E-state index in [-0.39, 0.29) is 0 Å². The molecule has 0 saturated heterocycles. The minimum absolute atomic E-state index is 0.362. The summed E-state index contributed by atoms with van der Waals surface area (Å²) in [4.78, 5) is 4.34. The van der Waals surface area contributed by atoms with Crippen molar-refractivity contribution in [2.75, 3.05) is 0 Å². The average molecular weight is 199 g/mol. The molecule has 0 aliphatic carbocycles. The molecule has 0 amide bonds. The minimum atomic E-state index is 0.362. The van der Waals surface area contributed by atoms with Crippen LogP contribution in [-0.4, -0.2) is 4.98 Å². The highest BCUT2D eigenvalue weighted by Crippen LogP contribution is 2.20. The Kier molecular flexibility index (Phi) is 4.55. The lowest BCUT2D eigenvalue weighted by atomic mass is 9.98. The maximum absolute atomic E-state index is 4.34. The third-order valence-corrected chi connectivity index (χ3v) is 2.42. The molecule has 1 rings (SSSR count). The smallest absolute Gasteiger partial charge is 0.0472 e. The fourth-order valence-electron chi connectivity index (χ4n) is 1.30. The molecular formula is C14H17N. The van der Waals surface area contributed by atoms with Gasteiger partial charge in [0.15, 0.2) is 0 Å². The summed E-state index contributed by atoms with van der Waals surface area (Å²) in [5, 5.41) is 0. The Morgan fingerprint density at radius 3 is 2.80 bits per heavy atom. The number of allylic oxidation sites excluding steroid dienone is 5. The summed E-state index contributed by atoms with van der Waals surface area (Å²) in [5.41, 5.74) is 2.41. The average Bonchev–Trinajstić information content (AvgIpc) is 2.29. The summed E-state index contributed by atoms with van der Waals surface area (Å²) in [5.74, 6) is 0.362. The molecule has 78 valence electrons. The summed E-state index contributed by atoms with van der Waals surface area (Å²) in [6, 6.07) is 6.01. The van der Waals surface area contributed by atoms with Crippen molar-refractivity contribution in [1.82, 2.24) is 4.98 Å². The fourth-order valence-corrected chi connectivity index (χ4v) is 1.30. The number of hydrogen-bond donors (Lipinski definition) is 0. The van der Waals surface area contributed by atoms with Gasteiger partial charge in [-0.05, 0) is 19.1 Å². The van der Waals surface area contributed by atoms with Gasteiger partial charge in [0.05, 0.1) is 0 Å². The molecule has 0 N–H and O–H groups in total. The van der Waals surface area contributed by atoms with E-state index in [2.05, 4.69) is 37.6 Å². The molecule has 1 nitrogen and oxygen atoms in total. The number of aromatic nitrogens is 1. The zero-order valence-electron chi connectivity index (χ0n) is 9.35. The maximum Gasteiger partial charge on any atom is 0.0472 e. The quantitative estimate of drug-likeness (QED) is 0.671. The molecule has 0 spiro atoms. The monoisotopic (exact) mass is 199 g/mol. The lowest BCUT2D eigenvalue weighted by Crippen LogP contribution is -1.97. The Hall–Kier alpha value is -1.63. The molecule has 1 heteroatoms. The fraction of sp³-hybridized carbons (Fsp3) is 0.214. The van der Waals surface area contributed by atoms with Gasteiger partial charge >= 0.3 is 0 Å². The van der Waals surface area contributed by atoms with Gasteiger partial charge in [0.25, 0.3) is 0 Å². The van der Waals surface area contributed by atoms with Crippen LogP contribution in [-0.2, 0) is 0 Å². The Balaban J connectivity index is 2.76. The third-order valence-electron chi connectivity index (χ3n) is 2.42. The molecule has 0 radical (unpaired) electrons. The van der Waals surface area contributed by atoms with Gasteiger partial charge in [-0.2, -0.15) is 0 Å². The van der Waals surface area contributed by atoms with Gasteiger partial charge in [0, 0.05) is 17.8 Å². The van der Waals surface area contributed by atoms with Gasteiger partial charge in [-0.25, -0.2) is 0 Å². The number of rotatable bonds is 4. The first-order valence-electron chi connectivity index (χ1n) is 5.12. The van der Waals surface area contributed by atoms with Crippen LogP contribution in [0.2, 0.25) is 0 Å². The van der Waals surface area contributed by atoms with Crippen LogP contribution in [0.25, 0.3) is 0 Å². The second-order valence-electron chi connectivity index (χ2n) is 3.51. The molecule has 1 aromatic heterocycles. The first-order valence-corrected chi connectivity index (χ1v) is 5.12. The van der Waals surface area contributed by atoms with Crippen molar-refractivity contribution in [3.8, 4) is 0 Å². The molecule has 0 aliphatic rings. The van der Waals surface area contributed by atoms with Crippen molar-refractivity contribution in [2.24, 2.45) is 0 Å². The van der Waals surface area contributed by atoms with E-state index < -0.39 is 0 Å². The Labute approximate surface area is 91.9 Å². The van der Waals surface area contributed by atoms with E-state index in [1.54, 1.807) is 6.08 Å². The topological polar surface area (TPSA) is 12.9 Å². The predicted octanol–water partition coefficient (Wildman–Crippen LogP) is 3.87. The van der Waals surface area contributed by atoms with Crippen LogP contribution in [0.5, 0.6) is 0 Å². The lowest BCUT2D eigenvalue weighted by Gasteiger charge is -2.10. The summed E-state index contributed by atoms with van der Waals surface area (Å²) in [6.45, 7) is 7.91. The maximum atomic E-state index is 4.34. The van der Waals surface area contributed by atoms with Gasteiger partial charge in [0.1, 0.15) is 0 Å². The number of pyridine rings is 1. The summed E-state index contributed by atoms with van der Waals surface area (Å²) in [7, 11) is 0. The first-order chi connectivity index (χ1) is 7.25. The molecule has 0 aromatic carbocycles. The summed E-state index contributed by atoms with van der Waals surface area (Å²) in [6.07, 6.45) is 9.63. The van der Waals surface area contributed by atoms with Crippen LogP contribution in [0.15, 0.2) is 60.9 Å². The highest BCUT2D eigenvalue weighted by Gasteiger charge is 2.06. The summed E-state index contributed by atoms with van der Waals surface area (Å²) < 4.78 is 0. The zero-order chi connectivity index (χ0) is 11.1. The molecular weight excluding hydrogens is 182 g/mol. The van der Waals surface area contributed by atoms with Crippen LogP contribution in [0.1, 0.15) is 25.5 Å². The van der Waals surface area contributed by atoms with E-state index in [1.165, 1.54) is 5.57 Å². The van der Waals surface area contributed by atoms with E-state index in [0.717, 1.165) is 5.69 Å². The number of hydrogen-bond acceptors (Lipinski definition) is 1. The van der Waals surface area contributed by atoms with Gasteiger partial charge in [-0.1, -0.05) is 49.4 Å².